The van der Waals surface area contributed by atoms with E-state index in [4.69, 9.17) is 21.4 Å². The van der Waals surface area contributed by atoms with Crippen molar-refractivity contribution in [2.24, 2.45) is 0 Å². The first-order chi connectivity index (χ1) is 4.74. The molecule has 1 atom stereocenters. The molecule has 0 aromatic rings. The fourth-order valence-corrected chi connectivity index (χ4v) is 0.898. The van der Waals surface area contributed by atoms with Crippen LogP contribution in [0.4, 0.5) is 4.39 Å². The Morgan fingerprint density at radius 3 is 2.40 bits per heavy atom. The molecule has 1 N–H and O–H groups in total. The van der Waals surface area contributed by atoms with E-state index >= 15 is 0 Å². The van der Waals surface area contributed by atoms with E-state index in [2.05, 4.69) is 0 Å². The van der Waals surface area contributed by atoms with Crippen molar-refractivity contribution >= 4 is 11.6 Å². The van der Waals surface area contributed by atoms with Gasteiger partial charge >= 0.3 is 0 Å². The quantitative estimate of drug-likeness (QED) is 0.623. The van der Waals surface area contributed by atoms with Gasteiger partial charge in [0.15, 0.2) is 0 Å². The van der Waals surface area contributed by atoms with Gasteiger partial charge in [-0.05, 0) is 0 Å². The van der Waals surface area contributed by atoms with E-state index in [9.17, 15) is 4.39 Å². The van der Waals surface area contributed by atoms with Gasteiger partial charge in [-0.2, -0.15) is 0 Å². The van der Waals surface area contributed by atoms with E-state index in [1.165, 1.54) is 7.11 Å². The molecule has 0 rings (SSSR count). The molecule has 0 aromatic carbocycles. The first-order valence-corrected chi connectivity index (χ1v) is 3.56. The minimum Gasteiger partial charge on any atom is -0.396 e. The second kappa shape index (κ2) is 4.88. The number of aliphatic hydroxyl groups is 1. The number of hydrogen-bond acceptors (Lipinski definition) is 2. The minimum absolute atomic E-state index is 0.0700. The smallest absolute Gasteiger partial charge is 0.120 e. The summed E-state index contributed by atoms with van der Waals surface area (Å²) in [4.78, 5) is 0. The molecule has 0 amide bonds. The molecule has 0 aliphatic rings. The summed E-state index contributed by atoms with van der Waals surface area (Å²) in [5.74, 6) is 0.0700. The lowest BCUT2D eigenvalue weighted by molar-refractivity contribution is -0.0273. The van der Waals surface area contributed by atoms with Crippen LogP contribution in [0.15, 0.2) is 0 Å². The predicted octanol–water partition coefficient (Wildman–Crippen LogP) is 0.962. The van der Waals surface area contributed by atoms with Crippen molar-refractivity contribution in [1.29, 1.82) is 0 Å². The number of ether oxygens (including phenoxy) is 1. The highest BCUT2D eigenvalue weighted by Gasteiger charge is 2.28. The van der Waals surface area contributed by atoms with Gasteiger partial charge in [0.05, 0.1) is 5.88 Å². The van der Waals surface area contributed by atoms with Crippen molar-refractivity contribution in [3.63, 3.8) is 0 Å². The SMILES string of the molecule is CO[C@](CF)(CCl)CCO. The molecule has 0 aliphatic heterocycles. The lowest BCUT2D eigenvalue weighted by Gasteiger charge is -2.25. The predicted molar refractivity (Wildman–Crippen MR) is 38.1 cm³/mol. The van der Waals surface area contributed by atoms with Gasteiger partial charge in [0, 0.05) is 20.1 Å². The van der Waals surface area contributed by atoms with Crippen molar-refractivity contribution in [1.82, 2.24) is 0 Å². The van der Waals surface area contributed by atoms with Crippen LogP contribution < -0.4 is 0 Å². The van der Waals surface area contributed by atoms with Crippen LogP contribution in [0.5, 0.6) is 0 Å². The molecular formula is C6H12ClFO2. The molecule has 0 aliphatic carbocycles. The molecule has 4 heteroatoms. The van der Waals surface area contributed by atoms with Gasteiger partial charge in [0.25, 0.3) is 0 Å². The third-order valence-corrected chi connectivity index (χ3v) is 1.97. The summed E-state index contributed by atoms with van der Waals surface area (Å²) in [5.41, 5.74) is -0.976. The molecule has 10 heavy (non-hydrogen) atoms. The van der Waals surface area contributed by atoms with Crippen molar-refractivity contribution in [2.45, 2.75) is 12.0 Å². The second-order valence-electron chi connectivity index (χ2n) is 2.13. The van der Waals surface area contributed by atoms with Crippen LogP contribution in [0.3, 0.4) is 0 Å². The molecule has 2 nitrogen and oxygen atoms in total. The first-order valence-electron chi connectivity index (χ1n) is 3.02. The fraction of sp³-hybridized carbons (Fsp3) is 1.00. The van der Waals surface area contributed by atoms with Crippen molar-refractivity contribution in [2.75, 3.05) is 26.3 Å². The molecule has 0 saturated carbocycles. The van der Waals surface area contributed by atoms with E-state index in [0.29, 0.717) is 0 Å². The van der Waals surface area contributed by atoms with Crippen LogP contribution in [0.2, 0.25) is 0 Å². The summed E-state index contributed by atoms with van der Waals surface area (Å²) < 4.78 is 17.0. The normalized spacial score (nSPS) is 16.8. The molecule has 0 heterocycles. The van der Waals surface area contributed by atoms with Gasteiger partial charge in [-0.1, -0.05) is 0 Å². The zero-order valence-electron chi connectivity index (χ0n) is 5.94. The summed E-state index contributed by atoms with van der Waals surface area (Å²) in [6.45, 7) is -0.766. The van der Waals surface area contributed by atoms with E-state index < -0.39 is 12.3 Å². The lowest BCUT2D eigenvalue weighted by Crippen LogP contribution is -2.37. The van der Waals surface area contributed by atoms with Crippen molar-refractivity contribution < 1.29 is 14.2 Å². The highest BCUT2D eigenvalue weighted by molar-refractivity contribution is 6.18. The van der Waals surface area contributed by atoms with Crippen molar-refractivity contribution in [3.8, 4) is 0 Å². The Morgan fingerprint density at radius 1 is 1.70 bits per heavy atom. The Balaban J connectivity index is 3.87. The van der Waals surface area contributed by atoms with Gasteiger partial charge < -0.3 is 9.84 Å². The molecule has 0 unspecified atom stereocenters. The van der Waals surface area contributed by atoms with Crippen LogP contribution in [-0.2, 0) is 4.74 Å². The summed E-state index contributed by atoms with van der Waals surface area (Å²) in [7, 11) is 1.39. The molecule has 0 radical (unpaired) electrons. The first kappa shape index (κ1) is 10.1. The number of halogens is 2. The molecule has 0 bridgehead atoms. The van der Waals surface area contributed by atoms with Gasteiger partial charge in [-0.15, -0.1) is 11.6 Å². The third-order valence-electron chi connectivity index (χ3n) is 1.49. The van der Waals surface area contributed by atoms with Gasteiger partial charge in [-0.25, -0.2) is 4.39 Å². The number of alkyl halides is 2. The maximum atomic E-state index is 12.2. The molecule has 0 saturated heterocycles. The number of hydrogen-bond donors (Lipinski definition) is 1. The molecular weight excluding hydrogens is 159 g/mol. The Labute approximate surface area is 64.9 Å². The van der Waals surface area contributed by atoms with E-state index in [1.807, 2.05) is 0 Å². The van der Waals surface area contributed by atoms with Gasteiger partial charge in [0.2, 0.25) is 0 Å². The Bertz CT molecular complexity index is 77.6. The van der Waals surface area contributed by atoms with Crippen LogP contribution in [0.25, 0.3) is 0 Å². The topological polar surface area (TPSA) is 29.5 Å². The maximum absolute atomic E-state index is 12.2. The van der Waals surface area contributed by atoms with Crippen LogP contribution >= 0.6 is 11.6 Å². The number of rotatable bonds is 5. The largest absolute Gasteiger partial charge is 0.396 e. The summed E-state index contributed by atoms with van der Waals surface area (Å²) in [6.07, 6.45) is 0.240. The second-order valence-corrected chi connectivity index (χ2v) is 2.40. The summed E-state index contributed by atoms with van der Waals surface area (Å²) in [6, 6.07) is 0. The molecule has 0 spiro atoms. The Hall–Kier alpha value is 0.140. The van der Waals surface area contributed by atoms with Gasteiger partial charge in [-0.3, -0.25) is 0 Å². The molecule has 0 aromatic heterocycles. The summed E-state index contributed by atoms with van der Waals surface area (Å²) >= 11 is 5.43. The Kier molecular flexibility index (Phi) is 4.95. The Morgan fingerprint density at radius 2 is 2.30 bits per heavy atom. The highest BCUT2D eigenvalue weighted by atomic mass is 35.5. The van der Waals surface area contributed by atoms with Crippen LogP contribution in [-0.4, -0.2) is 37.0 Å². The zero-order chi connectivity index (χ0) is 8.04. The lowest BCUT2D eigenvalue weighted by atomic mass is 10.1. The molecule has 0 fully saturated rings. The third kappa shape index (κ3) is 2.40. The van der Waals surface area contributed by atoms with E-state index in [-0.39, 0.29) is 18.9 Å². The standard InChI is InChI=1S/C6H12ClFO2/c1-10-6(4-7,5-8)2-3-9/h9H,2-5H2,1H3/t6-/m0/s1. The molecule has 62 valence electrons. The average molecular weight is 171 g/mol. The average Bonchev–Trinajstić information content (AvgIpc) is 2.01. The van der Waals surface area contributed by atoms with Gasteiger partial charge in [0.1, 0.15) is 12.3 Å². The highest BCUT2D eigenvalue weighted by Crippen LogP contribution is 2.17. The zero-order valence-corrected chi connectivity index (χ0v) is 6.70. The summed E-state index contributed by atoms with van der Waals surface area (Å²) in [5, 5.41) is 8.49. The monoisotopic (exact) mass is 170 g/mol. The van der Waals surface area contributed by atoms with Crippen molar-refractivity contribution in [3.05, 3.63) is 0 Å². The van der Waals surface area contributed by atoms with Crippen LogP contribution in [0.1, 0.15) is 6.42 Å². The van der Waals surface area contributed by atoms with Crippen LogP contribution in [0, 0.1) is 0 Å². The minimum atomic E-state index is -0.976. The fourth-order valence-electron chi connectivity index (χ4n) is 0.584. The maximum Gasteiger partial charge on any atom is 0.120 e. The van der Waals surface area contributed by atoms with E-state index in [0.717, 1.165) is 0 Å². The number of methoxy groups -OCH3 is 1. The van der Waals surface area contributed by atoms with E-state index in [1.54, 1.807) is 0 Å². The number of aliphatic hydroxyl groups excluding tert-OH is 1.